The molecule has 0 atom stereocenters. The van der Waals surface area contributed by atoms with Crippen LogP contribution in [0.5, 0.6) is 0 Å². The molecule has 0 aromatic heterocycles. The van der Waals surface area contributed by atoms with E-state index in [4.69, 9.17) is 9.05 Å². The van der Waals surface area contributed by atoms with Gasteiger partial charge in [-0.1, -0.05) is 0 Å². The van der Waals surface area contributed by atoms with Crippen LogP contribution in [0, 0.1) is 0 Å². The van der Waals surface area contributed by atoms with Crippen molar-refractivity contribution in [2.75, 3.05) is 0 Å². The van der Waals surface area contributed by atoms with Gasteiger partial charge in [0.25, 0.3) is 0 Å². The Morgan fingerprint density at radius 1 is 0.278 bits per heavy atom. The molecule has 0 aliphatic heterocycles. The van der Waals surface area contributed by atoms with Gasteiger partial charge in [-0.15, -0.1) is 0 Å². The average Bonchev–Trinajstić information content (AvgIpc) is 3.46. The first-order valence-electron chi connectivity index (χ1n) is 23.9. The van der Waals surface area contributed by atoms with Crippen LogP contribution in [0.3, 0.4) is 0 Å². The SMILES string of the molecule is O=C(OP(Cc1ccccc1)(c1ccccc1)(c1ccccc1)c1ccccc1)c1ccc(SSc2ccc(C(=O)OP(Cc3ccccc3)(c3ccccc3)(c3ccccc3)c3ccccc3)cc2)cc1. The van der Waals surface area contributed by atoms with Crippen LogP contribution in [0.2, 0.25) is 0 Å². The first-order chi connectivity index (χ1) is 35.4. The molecule has 8 heteroatoms. The fourth-order valence-electron chi connectivity index (χ4n) is 10.0. The van der Waals surface area contributed by atoms with E-state index in [2.05, 4.69) is 97.1 Å². The second-order valence-corrected chi connectivity index (χ2v) is 28.9. The Kier molecular flexibility index (Phi) is 14.2. The molecule has 0 saturated heterocycles. The Balaban J connectivity index is 0.933. The summed E-state index contributed by atoms with van der Waals surface area (Å²) in [6.07, 6.45) is 0.974. The van der Waals surface area contributed by atoms with Crippen molar-refractivity contribution in [3.8, 4) is 0 Å². The van der Waals surface area contributed by atoms with Gasteiger partial charge in [-0.3, -0.25) is 0 Å². The van der Waals surface area contributed by atoms with Gasteiger partial charge >= 0.3 is 433 Å². The number of carbonyl (C=O) groups excluding carboxylic acids is 2. The van der Waals surface area contributed by atoms with E-state index in [9.17, 15) is 9.59 Å². The van der Waals surface area contributed by atoms with Gasteiger partial charge in [-0.05, 0) is 0 Å². The van der Waals surface area contributed by atoms with E-state index in [1.807, 2.05) is 194 Å². The van der Waals surface area contributed by atoms with Crippen molar-refractivity contribution in [1.29, 1.82) is 0 Å². The van der Waals surface area contributed by atoms with E-state index in [-0.39, 0.29) is 0 Å². The zero-order valence-corrected chi connectivity index (χ0v) is 42.9. The summed E-state index contributed by atoms with van der Waals surface area (Å²) >= 11 is 0. The van der Waals surface area contributed by atoms with Crippen molar-refractivity contribution in [1.82, 2.24) is 0 Å². The summed E-state index contributed by atoms with van der Waals surface area (Å²) in [7, 11) is 3.16. The summed E-state index contributed by atoms with van der Waals surface area (Å²) in [5, 5.41) is 5.82. The number of rotatable bonds is 17. The van der Waals surface area contributed by atoms with Crippen LogP contribution >= 0.6 is 35.2 Å². The molecule has 0 N–H and O–H groups in total. The van der Waals surface area contributed by atoms with Gasteiger partial charge in [0.05, 0.1) is 0 Å². The summed E-state index contributed by atoms with van der Waals surface area (Å²) < 4.78 is 14.7. The van der Waals surface area contributed by atoms with Crippen molar-refractivity contribution < 1.29 is 18.6 Å². The molecule has 10 aromatic rings. The molecule has 0 heterocycles. The Morgan fingerprint density at radius 3 is 0.708 bits per heavy atom. The summed E-state index contributed by atoms with van der Waals surface area (Å²) in [4.78, 5) is 31.8. The first kappa shape index (κ1) is 48.3. The molecule has 0 bridgehead atoms. The van der Waals surface area contributed by atoms with Crippen LogP contribution in [-0.4, -0.2) is 11.9 Å². The van der Waals surface area contributed by atoms with Crippen molar-refractivity contribution in [3.05, 3.63) is 313 Å². The molecule has 0 saturated carbocycles. The van der Waals surface area contributed by atoms with Crippen LogP contribution in [0.1, 0.15) is 31.8 Å². The van der Waals surface area contributed by atoms with Gasteiger partial charge in [0.15, 0.2) is 0 Å². The maximum absolute atomic E-state index is 15.0. The Morgan fingerprint density at radius 2 is 0.486 bits per heavy atom. The molecule has 0 radical (unpaired) electrons. The topological polar surface area (TPSA) is 52.6 Å². The van der Waals surface area contributed by atoms with E-state index in [1.54, 1.807) is 21.6 Å². The van der Waals surface area contributed by atoms with Crippen LogP contribution < -0.4 is 31.8 Å². The third-order valence-electron chi connectivity index (χ3n) is 13.5. The van der Waals surface area contributed by atoms with Crippen LogP contribution in [0.15, 0.2) is 301 Å². The van der Waals surface area contributed by atoms with Gasteiger partial charge in [-0.2, -0.15) is 0 Å². The van der Waals surface area contributed by atoms with E-state index in [0.29, 0.717) is 23.5 Å². The molecule has 0 unspecified atom stereocenters. The fourth-order valence-corrected chi connectivity index (χ4v) is 23.2. The Labute approximate surface area is 430 Å². The normalized spacial score (nSPS) is 12.6. The van der Waals surface area contributed by atoms with E-state index >= 15 is 0 Å². The molecule has 0 aliphatic rings. The van der Waals surface area contributed by atoms with Gasteiger partial charge in [0.2, 0.25) is 0 Å². The molecule has 354 valence electrons. The molecule has 0 amide bonds. The maximum atomic E-state index is 15.0. The Bertz CT molecular complexity index is 2940. The zero-order valence-electron chi connectivity index (χ0n) is 39.5. The summed E-state index contributed by atoms with van der Waals surface area (Å²) in [6.45, 7) is -8.12. The first-order valence-corrected chi connectivity index (χ1v) is 30.7. The minimum absolute atomic E-state index is 0.393. The van der Waals surface area contributed by atoms with Gasteiger partial charge in [0, 0.05) is 0 Å². The monoisotopic (exact) mass is 1010 g/mol. The predicted molar refractivity (Wildman–Crippen MR) is 306 cm³/mol. The van der Waals surface area contributed by atoms with Crippen molar-refractivity contribution >= 4 is 79.0 Å². The zero-order chi connectivity index (χ0) is 49.2. The molecule has 72 heavy (non-hydrogen) atoms. The quantitative estimate of drug-likeness (QED) is 0.0669. The predicted octanol–water partition coefficient (Wildman–Crippen LogP) is 14.1. The molecular formula is C64H52O4P2S2. The Hall–Kier alpha value is -7.30. The second kappa shape index (κ2) is 21.2. The fraction of sp³-hybridized carbons (Fsp3) is 0.0312. The number of hydrogen-bond donors (Lipinski definition) is 0. The molecule has 10 rings (SSSR count). The minimum atomic E-state index is -4.06. The molecule has 10 aromatic carbocycles. The van der Waals surface area contributed by atoms with E-state index in [0.717, 1.165) is 52.7 Å². The van der Waals surface area contributed by atoms with Crippen LogP contribution in [-0.2, 0) is 21.4 Å². The molecule has 4 nitrogen and oxygen atoms in total. The number of hydrogen-bond acceptors (Lipinski definition) is 6. The van der Waals surface area contributed by atoms with Gasteiger partial charge < -0.3 is 0 Å². The van der Waals surface area contributed by atoms with E-state index < -0.39 is 25.6 Å². The molecular weight excluding hydrogens is 959 g/mol. The van der Waals surface area contributed by atoms with Crippen molar-refractivity contribution in [2.45, 2.75) is 22.1 Å². The molecule has 0 spiro atoms. The van der Waals surface area contributed by atoms with Crippen LogP contribution in [0.25, 0.3) is 0 Å². The summed E-state index contributed by atoms with van der Waals surface area (Å²) in [5.74, 6) is -0.785. The average molecular weight is 1010 g/mol. The summed E-state index contributed by atoms with van der Waals surface area (Å²) in [6, 6.07) is 97.6. The van der Waals surface area contributed by atoms with Crippen LogP contribution in [0.4, 0.5) is 0 Å². The second-order valence-electron chi connectivity index (χ2n) is 17.7. The molecule has 0 fully saturated rings. The van der Waals surface area contributed by atoms with Gasteiger partial charge in [0.1, 0.15) is 0 Å². The third-order valence-corrected chi connectivity index (χ3v) is 27.3. The summed E-state index contributed by atoms with van der Waals surface area (Å²) in [5.41, 5.74) is 3.06. The number of benzene rings is 10. The van der Waals surface area contributed by atoms with Crippen molar-refractivity contribution in [2.24, 2.45) is 0 Å². The van der Waals surface area contributed by atoms with Gasteiger partial charge in [-0.25, -0.2) is 0 Å². The van der Waals surface area contributed by atoms with E-state index in [1.165, 1.54) is 0 Å². The van der Waals surface area contributed by atoms with Crippen molar-refractivity contribution in [3.63, 3.8) is 0 Å². The standard InChI is InChI=1S/C64H52O4P2S2/c65-63(67-69(55-29-13-3-14-30-55,56-31-15-4-16-32-56,57-33-17-5-18-34-57)49-51-25-9-1-10-26-51)53-41-45-61(46-42-53)71-72-62-47-43-54(44-48-62)64(66)68-70(58-35-19-6-20-36-58,59-37-21-7-22-38-59,60-39-23-8-24-40-60)50-52-27-11-2-12-28-52/h1-48H,49-50H2. The number of carbonyl (C=O) groups is 2. The third kappa shape index (κ3) is 9.13. The molecule has 0 aliphatic carbocycles.